The normalized spacial score (nSPS) is 16.7. The number of benzene rings is 1. The topological polar surface area (TPSA) is 37.4 Å². The lowest BCUT2D eigenvalue weighted by Crippen LogP contribution is -2.37. The molecule has 0 atom stereocenters. The van der Waals surface area contributed by atoms with Gasteiger partial charge in [-0.25, -0.2) is 0 Å². The summed E-state index contributed by atoms with van der Waals surface area (Å²) in [6.07, 6.45) is 2.16. The molecule has 1 aliphatic rings. The molecule has 3 nitrogen and oxygen atoms in total. The summed E-state index contributed by atoms with van der Waals surface area (Å²) in [6.45, 7) is 5.44. The van der Waals surface area contributed by atoms with E-state index >= 15 is 0 Å². The maximum atomic E-state index is 12.2. The van der Waals surface area contributed by atoms with Gasteiger partial charge >= 0.3 is 0 Å². The summed E-state index contributed by atoms with van der Waals surface area (Å²) >= 11 is 0. The number of ketones is 1. The summed E-state index contributed by atoms with van der Waals surface area (Å²) in [4.78, 5) is 25.3. The first kappa shape index (κ1) is 12.8. The summed E-state index contributed by atoms with van der Waals surface area (Å²) in [6, 6.07) is 6.94. The molecule has 0 bridgehead atoms. The van der Waals surface area contributed by atoms with E-state index in [9.17, 15) is 9.59 Å². The predicted octanol–water partition coefficient (Wildman–Crippen LogP) is 2.76. The van der Waals surface area contributed by atoms with E-state index in [1.165, 1.54) is 6.92 Å². The van der Waals surface area contributed by atoms with Crippen molar-refractivity contribution < 1.29 is 9.59 Å². The Kier molecular flexibility index (Phi) is 3.80. The van der Waals surface area contributed by atoms with Gasteiger partial charge in [0.05, 0.1) is 0 Å². The zero-order valence-corrected chi connectivity index (χ0v) is 11.0. The van der Waals surface area contributed by atoms with Crippen LogP contribution < -0.4 is 0 Å². The molecule has 1 heterocycles. The van der Waals surface area contributed by atoms with Crippen LogP contribution in [0.25, 0.3) is 0 Å². The lowest BCUT2D eigenvalue weighted by atomic mass is 9.98. The first-order valence-corrected chi connectivity index (χ1v) is 6.48. The molecule has 96 valence electrons. The van der Waals surface area contributed by atoms with Crippen molar-refractivity contribution in [1.82, 2.24) is 4.90 Å². The monoisotopic (exact) mass is 245 g/mol. The van der Waals surface area contributed by atoms with E-state index in [-0.39, 0.29) is 11.7 Å². The van der Waals surface area contributed by atoms with Gasteiger partial charge in [-0.1, -0.05) is 19.1 Å². The number of nitrogens with zero attached hydrogens (tertiary/aromatic N) is 1. The first-order valence-electron chi connectivity index (χ1n) is 6.48. The molecule has 0 spiro atoms. The van der Waals surface area contributed by atoms with Gasteiger partial charge in [0.25, 0.3) is 5.91 Å². The third-order valence-corrected chi connectivity index (χ3v) is 3.61. The van der Waals surface area contributed by atoms with Gasteiger partial charge in [0.15, 0.2) is 5.78 Å². The number of amides is 1. The molecule has 1 saturated heterocycles. The van der Waals surface area contributed by atoms with Crippen LogP contribution in [0.2, 0.25) is 0 Å². The summed E-state index contributed by atoms with van der Waals surface area (Å²) in [5.41, 5.74) is 1.33. The molecule has 1 aliphatic heterocycles. The third-order valence-electron chi connectivity index (χ3n) is 3.61. The van der Waals surface area contributed by atoms with Gasteiger partial charge in [0, 0.05) is 24.2 Å². The molecule has 1 amide bonds. The van der Waals surface area contributed by atoms with Crippen LogP contribution in [-0.4, -0.2) is 29.7 Å². The van der Waals surface area contributed by atoms with Gasteiger partial charge in [0.1, 0.15) is 0 Å². The number of Topliss-reactive ketones (excluding diaryl/α,β-unsaturated/α-hetero) is 1. The molecule has 0 aromatic heterocycles. The first-order chi connectivity index (χ1) is 8.58. The number of carbonyl (C=O) groups excluding carboxylic acids is 2. The number of hydrogen-bond acceptors (Lipinski definition) is 2. The Morgan fingerprint density at radius 2 is 1.56 bits per heavy atom. The van der Waals surface area contributed by atoms with Gasteiger partial charge < -0.3 is 4.90 Å². The largest absolute Gasteiger partial charge is 0.339 e. The summed E-state index contributed by atoms with van der Waals surface area (Å²) < 4.78 is 0. The molecule has 0 N–H and O–H groups in total. The Bertz CT molecular complexity index is 442. The van der Waals surface area contributed by atoms with Crippen molar-refractivity contribution in [3.63, 3.8) is 0 Å². The Labute approximate surface area is 108 Å². The second-order valence-corrected chi connectivity index (χ2v) is 5.11. The Morgan fingerprint density at radius 1 is 1.06 bits per heavy atom. The average Bonchev–Trinajstić information content (AvgIpc) is 2.39. The van der Waals surface area contributed by atoms with Crippen LogP contribution in [0, 0.1) is 5.92 Å². The zero-order chi connectivity index (χ0) is 13.1. The lowest BCUT2D eigenvalue weighted by molar-refractivity contribution is 0.0697. The van der Waals surface area contributed by atoms with Crippen molar-refractivity contribution in [2.45, 2.75) is 26.7 Å². The minimum Gasteiger partial charge on any atom is -0.339 e. The Balaban J connectivity index is 2.07. The third kappa shape index (κ3) is 2.78. The van der Waals surface area contributed by atoms with Crippen molar-refractivity contribution in [2.75, 3.05) is 13.1 Å². The molecular formula is C15H19NO2. The molecular weight excluding hydrogens is 226 g/mol. The molecule has 1 aromatic carbocycles. The number of rotatable bonds is 2. The van der Waals surface area contributed by atoms with Crippen LogP contribution in [-0.2, 0) is 0 Å². The highest BCUT2D eigenvalue weighted by molar-refractivity contribution is 5.97. The summed E-state index contributed by atoms with van der Waals surface area (Å²) in [7, 11) is 0. The standard InChI is InChI=1S/C15H19NO2/c1-11-7-9-16(10-8-11)15(18)14-5-3-13(4-6-14)12(2)17/h3-6,11H,7-10H2,1-2H3. The Morgan fingerprint density at radius 3 is 2.06 bits per heavy atom. The number of piperidine rings is 1. The van der Waals surface area contributed by atoms with Gasteiger partial charge in [-0.05, 0) is 37.8 Å². The maximum absolute atomic E-state index is 12.2. The highest BCUT2D eigenvalue weighted by atomic mass is 16.2. The second-order valence-electron chi connectivity index (χ2n) is 5.11. The second kappa shape index (κ2) is 5.34. The fraction of sp³-hybridized carbons (Fsp3) is 0.467. The highest BCUT2D eigenvalue weighted by Crippen LogP contribution is 2.18. The summed E-state index contributed by atoms with van der Waals surface area (Å²) in [5, 5.41) is 0. The zero-order valence-electron chi connectivity index (χ0n) is 11.0. The highest BCUT2D eigenvalue weighted by Gasteiger charge is 2.21. The van der Waals surface area contributed by atoms with E-state index in [1.807, 2.05) is 4.90 Å². The fourth-order valence-corrected chi connectivity index (χ4v) is 2.24. The molecule has 3 heteroatoms. The predicted molar refractivity (Wildman–Crippen MR) is 70.7 cm³/mol. The smallest absolute Gasteiger partial charge is 0.253 e. The Hall–Kier alpha value is -1.64. The fourth-order valence-electron chi connectivity index (χ4n) is 2.24. The lowest BCUT2D eigenvalue weighted by Gasteiger charge is -2.30. The molecule has 0 unspecified atom stereocenters. The minimum absolute atomic E-state index is 0.0285. The van der Waals surface area contributed by atoms with E-state index in [4.69, 9.17) is 0 Å². The van der Waals surface area contributed by atoms with Gasteiger partial charge in [-0.15, -0.1) is 0 Å². The molecule has 1 aromatic rings. The van der Waals surface area contributed by atoms with Crippen molar-refractivity contribution >= 4 is 11.7 Å². The van der Waals surface area contributed by atoms with Crippen molar-refractivity contribution in [1.29, 1.82) is 0 Å². The molecule has 0 aliphatic carbocycles. The van der Waals surface area contributed by atoms with Crippen LogP contribution in [0.15, 0.2) is 24.3 Å². The maximum Gasteiger partial charge on any atom is 0.253 e. The van der Waals surface area contributed by atoms with Crippen LogP contribution >= 0.6 is 0 Å². The minimum atomic E-state index is 0.0285. The van der Waals surface area contributed by atoms with E-state index in [0.29, 0.717) is 17.0 Å². The summed E-state index contributed by atoms with van der Waals surface area (Å²) in [5.74, 6) is 0.826. The molecule has 0 radical (unpaired) electrons. The van der Waals surface area contributed by atoms with Crippen LogP contribution in [0.1, 0.15) is 47.4 Å². The van der Waals surface area contributed by atoms with Gasteiger partial charge in [0.2, 0.25) is 0 Å². The van der Waals surface area contributed by atoms with Crippen molar-refractivity contribution in [3.05, 3.63) is 35.4 Å². The molecule has 0 saturated carbocycles. The quantitative estimate of drug-likeness (QED) is 0.751. The number of likely N-dealkylation sites (tertiary alicyclic amines) is 1. The SMILES string of the molecule is CC(=O)c1ccc(C(=O)N2CCC(C)CC2)cc1. The van der Waals surface area contributed by atoms with Gasteiger partial charge in [-0.3, -0.25) is 9.59 Å². The van der Waals surface area contributed by atoms with Crippen LogP contribution in [0.5, 0.6) is 0 Å². The van der Waals surface area contributed by atoms with Crippen molar-refractivity contribution in [2.24, 2.45) is 5.92 Å². The van der Waals surface area contributed by atoms with E-state index < -0.39 is 0 Å². The van der Waals surface area contributed by atoms with Gasteiger partial charge in [-0.2, -0.15) is 0 Å². The van der Waals surface area contributed by atoms with E-state index in [1.54, 1.807) is 24.3 Å². The molecule has 18 heavy (non-hydrogen) atoms. The van der Waals surface area contributed by atoms with E-state index in [2.05, 4.69) is 6.92 Å². The number of carbonyl (C=O) groups is 2. The van der Waals surface area contributed by atoms with E-state index in [0.717, 1.165) is 25.9 Å². The van der Waals surface area contributed by atoms with Crippen LogP contribution in [0.4, 0.5) is 0 Å². The molecule has 1 fully saturated rings. The average molecular weight is 245 g/mol. The van der Waals surface area contributed by atoms with Crippen molar-refractivity contribution in [3.8, 4) is 0 Å². The number of hydrogen-bond donors (Lipinski definition) is 0. The van der Waals surface area contributed by atoms with Crippen LogP contribution in [0.3, 0.4) is 0 Å². The molecule has 2 rings (SSSR count).